The van der Waals surface area contributed by atoms with Gasteiger partial charge in [-0.25, -0.2) is 0 Å². The maximum Gasteiger partial charge on any atom is 0.274 e. The van der Waals surface area contributed by atoms with Crippen LogP contribution >= 0.6 is 0 Å². The molecular weight excluding hydrogens is 366 g/mol. The van der Waals surface area contributed by atoms with Crippen LogP contribution in [0.4, 0.5) is 0 Å². The van der Waals surface area contributed by atoms with Crippen LogP contribution in [0.1, 0.15) is 59.5 Å². The molecule has 0 radical (unpaired) electrons. The van der Waals surface area contributed by atoms with Crippen molar-refractivity contribution in [3.63, 3.8) is 0 Å². The average molecular weight is 398 g/mol. The lowest BCUT2D eigenvalue weighted by Gasteiger charge is -2.31. The maximum atomic E-state index is 13.4. The van der Waals surface area contributed by atoms with E-state index in [0.29, 0.717) is 18.3 Å². The van der Waals surface area contributed by atoms with Gasteiger partial charge in [-0.3, -0.25) is 14.4 Å². The van der Waals surface area contributed by atoms with Crippen molar-refractivity contribution in [2.24, 2.45) is 0 Å². The van der Waals surface area contributed by atoms with Gasteiger partial charge in [0, 0.05) is 43.0 Å². The molecule has 3 heterocycles. The fraction of sp³-hybridized carbons (Fsp3) is 0.591. The minimum Gasteiger partial charge on any atom is -0.364 e. The summed E-state index contributed by atoms with van der Waals surface area (Å²) in [4.78, 5) is 17.7. The SMILES string of the molecule is C=CCn1nc(C(=O)N2CCCCCC2)c2c1CC[C@@H](N(C)Cc1ccon1)C2. The summed E-state index contributed by atoms with van der Waals surface area (Å²) in [6, 6.07) is 2.26. The Bertz CT molecular complexity index is 834. The summed E-state index contributed by atoms with van der Waals surface area (Å²) in [5.41, 5.74) is 3.92. The molecule has 1 fully saturated rings. The van der Waals surface area contributed by atoms with Gasteiger partial charge in [0.1, 0.15) is 6.26 Å². The summed E-state index contributed by atoms with van der Waals surface area (Å²) in [5.74, 6) is 0.103. The Kier molecular flexibility index (Phi) is 6.13. The van der Waals surface area contributed by atoms with E-state index >= 15 is 0 Å². The van der Waals surface area contributed by atoms with E-state index in [2.05, 4.69) is 23.7 Å². The number of amides is 1. The third-order valence-corrected chi connectivity index (χ3v) is 6.24. The standard InChI is InChI=1S/C22H31N5O2/c1-3-11-27-20-9-8-18(25(2)16-17-10-14-29-24-17)15-19(20)21(23-27)22(28)26-12-6-4-5-7-13-26/h3,10,14,18H,1,4-9,11-13,15-16H2,2H3/t18-/m1/s1. The molecule has 1 amide bonds. The van der Waals surface area contributed by atoms with E-state index in [1.807, 2.05) is 21.7 Å². The van der Waals surface area contributed by atoms with Crippen molar-refractivity contribution in [2.45, 2.75) is 64.1 Å². The van der Waals surface area contributed by atoms with E-state index in [1.165, 1.54) is 18.5 Å². The quantitative estimate of drug-likeness (QED) is 0.701. The van der Waals surface area contributed by atoms with Crippen molar-refractivity contribution in [2.75, 3.05) is 20.1 Å². The Morgan fingerprint density at radius 1 is 1.34 bits per heavy atom. The molecule has 2 aromatic heterocycles. The highest BCUT2D eigenvalue weighted by atomic mass is 16.5. The average Bonchev–Trinajstić information content (AvgIpc) is 3.27. The number of allylic oxidation sites excluding steroid dienone is 1. The number of rotatable bonds is 6. The zero-order chi connectivity index (χ0) is 20.2. The van der Waals surface area contributed by atoms with Crippen molar-refractivity contribution in [3.8, 4) is 0 Å². The van der Waals surface area contributed by atoms with Gasteiger partial charge in [-0.15, -0.1) is 6.58 Å². The molecule has 0 spiro atoms. The second-order valence-corrected chi connectivity index (χ2v) is 8.25. The number of likely N-dealkylation sites (tertiary alicyclic amines) is 1. The fourth-order valence-electron chi connectivity index (χ4n) is 4.62. The van der Waals surface area contributed by atoms with Crippen LogP contribution in [-0.2, 0) is 25.9 Å². The number of aromatic nitrogens is 3. The first-order valence-electron chi connectivity index (χ1n) is 10.8. The van der Waals surface area contributed by atoms with E-state index in [-0.39, 0.29) is 5.91 Å². The first kappa shape index (κ1) is 19.9. The molecular formula is C22H31N5O2. The van der Waals surface area contributed by atoms with Gasteiger partial charge in [-0.1, -0.05) is 24.1 Å². The molecule has 4 rings (SSSR count). The lowest BCUT2D eigenvalue weighted by molar-refractivity contribution is 0.0753. The predicted octanol–water partition coefficient (Wildman–Crippen LogP) is 3.06. The van der Waals surface area contributed by atoms with Crippen LogP contribution in [0.5, 0.6) is 0 Å². The van der Waals surface area contributed by atoms with E-state index in [1.54, 1.807) is 6.26 Å². The smallest absolute Gasteiger partial charge is 0.274 e. The van der Waals surface area contributed by atoms with E-state index in [4.69, 9.17) is 9.62 Å². The van der Waals surface area contributed by atoms with Crippen LogP contribution in [-0.4, -0.2) is 56.8 Å². The summed E-state index contributed by atoms with van der Waals surface area (Å²) in [6.07, 6.45) is 10.9. The molecule has 0 N–H and O–H groups in total. The summed E-state index contributed by atoms with van der Waals surface area (Å²) >= 11 is 0. The van der Waals surface area contributed by atoms with Gasteiger partial charge in [0.15, 0.2) is 5.69 Å². The number of hydrogen-bond donors (Lipinski definition) is 0. The number of carbonyl (C=O) groups is 1. The fourth-order valence-corrected chi connectivity index (χ4v) is 4.62. The van der Waals surface area contributed by atoms with E-state index in [9.17, 15) is 4.79 Å². The third kappa shape index (κ3) is 4.29. The van der Waals surface area contributed by atoms with E-state index < -0.39 is 0 Å². The first-order chi connectivity index (χ1) is 14.2. The van der Waals surface area contributed by atoms with Crippen LogP contribution in [0.15, 0.2) is 29.5 Å². The van der Waals surface area contributed by atoms with Gasteiger partial charge in [0.05, 0.1) is 12.2 Å². The molecule has 0 saturated carbocycles. The van der Waals surface area contributed by atoms with Gasteiger partial charge >= 0.3 is 0 Å². The van der Waals surface area contributed by atoms with Gasteiger partial charge in [0.2, 0.25) is 0 Å². The van der Waals surface area contributed by atoms with Crippen LogP contribution in [0.3, 0.4) is 0 Å². The highest BCUT2D eigenvalue weighted by Gasteiger charge is 2.32. The minimum absolute atomic E-state index is 0.103. The molecule has 7 nitrogen and oxygen atoms in total. The van der Waals surface area contributed by atoms with Crippen LogP contribution < -0.4 is 0 Å². The van der Waals surface area contributed by atoms with Crippen LogP contribution in [0.25, 0.3) is 0 Å². The Labute approximate surface area is 172 Å². The highest BCUT2D eigenvalue weighted by Crippen LogP contribution is 2.29. The Hall–Kier alpha value is -2.41. The van der Waals surface area contributed by atoms with Gasteiger partial charge in [-0.05, 0) is 39.2 Å². The Balaban J connectivity index is 1.57. The maximum absolute atomic E-state index is 13.4. The molecule has 1 aliphatic heterocycles. The van der Waals surface area contributed by atoms with E-state index in [0.717, 1.165) is 63.0 Å². The highest BCUT2D eigenvalue weighted by molar-refractivity contribution is 5.94. The molecule has 0 aromatic carbocycles. The van der Waals surface area contributed by atoms with Gasteiger partial charge in [-0.2, -0.15) is 5.10 Å². The van der Waals surface area contributed by atoms with Crippen LogP contribution in [0, 0.1) is 0 Å². The molecule has 1 saturated heterocycles. The second-order valence-electron chi connectivity index (χ2n) is 8.25. The minimum atomic E-state index is 0.103. The molecule has 29 heavy (non-hydrogen) atoms. The molecule has 1 atom stereocenters. The molecule has 2 aliphatic rings. The van der Waals surface area contributed by atoms with Crippen molar-refractivity contribution in [1.82, 2.24) is 24.7 Å². The normalized spacial score (nSPS) is 19.8. The summed E-state index contributed by atoms with van der Waals surface area (Å²) < 4.78 is 6.95. The van der Waals surface area contributed by atoms with Crippen molar-refractivity contribution in [1.29, 1.82) is 0 Å². The molecule has 7 heteroatoms. The number of hydrogen-bond acceptors (Lipinski definition) is 5. The molecule has 156 valence electrons. The van der Waals surface area contributed by atoms with Gasteiger partial charge < -0.3 is 9.42 Å². The zero-order valence-electron chi connectivity index (χ0n) is 17.3. The molecule has 0 bridgehead atoms. The van der Waals surface area contributed by atoms with Crippen LogP contribution in [0.2, 0.25) is 0 Å². The first-order valence-corrected chi connectivity index (χ1v) is 10.8. The van der Waals surface area contributed by atoms with Crippen molar-refractivity contribution in [3.05, 3.63) is 47.6 Å². The lowest BCUT2D eigenvalue weighted by atomic mass is 9.90. The summed E-state index contributed by atoms with van der Waals surface area (Å²) in [7, 11) is 2.12. The topological polar surface area (TPSA) is 67.4 Å². The number of fused-ring (bicyclic) bond motifs is 1. The number of carbonyl (C=O) groups excluding carboxylic acids is 1. The van der Waals surface area contributed by atoms with Crippen molar-refractivity contribution < 1.29 is 9.32 Å². The molecule has 1 aliphatic carbocycles. The monoisotopic (exact) mass is 397 g/mol. The molecule has 0 unspecified atom stereocenters. The number of nitrogens with zero attached hydrogens (tertiary/aromatic N) is 5. The number of likely N-dealkylation sites (N-methyl/N-ethyl adjacent to an activating group) is 1. The van der Waals surface area contributed by atoms with Gasteiger partial charge in [0.25, 0.3) is 5.91 Å². The Morgan fingerprint density at radius 2 is 2.14 bits per heavy atom. The lowest BCUT2D eigenvalue weighted by Crippen LogP contribution is -2.37. The largest absolute Gasteiger partial charge is 0.364 e. The van der Waals surface area contributed by atoms with Crippen molar-refractivity contribution >= 4 is 5.91 Å². The second kappa shape index (κ2) is 8.95. The zero-order valence-corrected chi connectivity index (χ0v) is 17.3. The third-order valence-electron chi connectivity index (χ3n) is 6.24. The summed E-state index contributed by atoms with van der Waals surface area (Å²) in [5, 5.41) is 8.80. The summed E-state index contributed by atoms with van der Waals surface area (Å²) in [6.45, 7) is 6.95. The molecule has 2 aromatic rings. The Morgan fingerprint density at radius 3 is 2.83 bits per heavy atom. The predicted molar refractivity (Wildman–Crippen MR) is 111 cm³/mol.